The number of methoxy groups -OCH3 is 1. The number of benzene rings is 1. The molecule has 0 heterocycles. The van der Waals surface area contributed by atoms with E-state index >= 15 is 0 Å². The second-order valence-electron chi connectivity index (χ2n) is 4.31. The summed E-state index contributed by atoms with van der Waals surface area (Å²) < 4.78 is 4.84. The highest BCUT2D eigenvalue weighted by Crippen LogP contribution is 2.08. The Bertz CT molecular complexity index is 448. The Morgan fingerprint density at radius 3 is 2.50 bits per heavy atom. The number of rotatable bonds is 7. The topological polar surface area (TPSA) is 67.4 Å². The molecule has 1 rings (SSSR count). The standard InChI is InChI=1S/C14H19BrN2O3/c1-10(13(18)16-7-8-20-2)17-14(19)12-5-3-11(9-15)4-6-12/h3-6,10H,7-9H2,1-2H3,(H,16,18)(H,17,19). The van der Waals surface area contributed by atoms with Crippen molar-refractivity contribution >= 4 is 27.7 Å². The minimum absolute atomic E-state index is 0.229. The van der Waals surface area contributed by atoms with Crippen LogP contribution in [0.3, 0.4) is 0 Å². The van der Waals surface area contributed by atoms with Crippen LogP contribution in [-0.2, 0) is 14.9 Å². The van der Waals surface area contributed by atoms with Crippen molar-refractivity contribution in [1.82, 2.24) is 10.6 Å². The number of hydrogen-bond acceptors (Lipinski definition) is 3. The third kappa shape index (κ3) is 5.30. The Balaban J connectivity index is 2.49. The molecule has 0 radical (unpaired) electrons. The lowest BCUT2D eigenvalue weighted by Gasteiger charge is -2.14. The van der Waals surface area contributed by atoms with Gasteiger partial charge in [-0.05, 0) is 24.6 Å². The van der Waals surface area contributed by atoms with E-state index in [1.165, 1.54) is 0 Å². The molecule has 1 aromatic carbocycles. The SMILES string of the molecule is COCCNC(=O)C(C)NC(=O)c1ccc(CBr)cc1. The fourth-order valence-corrected chi connectivity index (χ4v) is 1.89. The van der Waals surface area contributed by atoms with Crippen LogP contribution in [-0.4, -0.2) is 38.1 Å². The predicted octanol–water partition coefficient (Wildman–Crippen LogP) is 1.46. The highest BCUT2D eigenvalue weighted by molar-refractivity contribution is 9.08. The Kier molecular flexibility index (Phi) is 7.25. The van der Waals surface area contributed by atoms with Crippen molar-refractivity contribution in [2.24, 2.45) is 0 Å². The van der Waals surface area contributed by atoms with Gasteiger partial charge in [0.1, 0.15) is 6.04 Å². The molecule has 0 spiro atoms. The van der Waals surface area contributed by atoms with Gasteiger partial charge in [0, 0.05) is 24.5 Å². The second-order valence-corrected chi connectivity index (χ2v) is 4.87. The van der Waals surface area contributed by atoms with E-state index in [0.29, 0.717) is 18.7 Å². The largest absolute Gasteiger partial charge is 0.383 e. The Hall–Kier alpha value is -1.40. The van der Waals surface area contributed by atoms with Gasteiger partial charge in [0.25, 0.3) is 5.91 Å². The summed E-state index contributed by atoms with van der Waals surface area (Å²) in [5.74, 6) is -0.493. The average Bonchev–Trinajstić information content (AvgIpc) is 2.47. The smallest absolute Gasteiger partial charge is 0.251 e. The van der Waals surface area contributed by atoms with Crippen LogP contribution in [0.25, 0.3) is 0 Å². The van der Waals surface area contributed by atoms with Crippen molar-refractivity contribution in [1.29, 1.82) is 0 Å². The lowest BCUT2D eigenvalue weighted by Crippen LogP contribution is -2.45. The summed E-state index contributed by atoms with van der Waals surface area (Å²) in [6, 6.07) is 6.62. The zero-order valence-electron chi connectivity index (χ0n) is 11.6. The zero-order chi connectivity index (χ0) is 15.0. The van der Waals surface area contributed by atoms with Gasteiger partial charge >= 0.3 is 0 Å². The summed E-state index contributed by atoms with van der Waals surface area (Å²) in [6.45, 7) is 2.52. The molecular weight excluding hydrogens is 324 g/mol. The molecule has 6 heteroatoms. The highest BCUT2D eigenvalue weighted by Gasteiger charge is 2.15. The van der Waals surface area contributed by atoms with E-state index in [0.717, 1.165) is 10.9 Å². The number of carbonyl (C=O) groups excluding carboxylic acids is 2. The first-order valence-electron chi connectivity index (χ1n) is 6.31. The minimum atomic E-state index is -0.588. The van der Waals surface area contributed by atoms with Gasteiger partial charge < -0.3 is 15.4 Å². The summed E-state index contributed by atoms with van der Waals surface area (Å²) in [5, 5.41) is 6.07. The van der Waals surface area contributed by atoms with Crippen molar-refractivity contribution in [2.75, 3.05) is 20.3 Å². The summed E-state index contributed by atoms with van der Waals surface area (Å²) in [7, 11) is 1.56. The van der Waals surface area contributed by atoms with E-state index in [-0.39, 0.29) is 11.8 Å². The molecular formula is C14H19BrN2O3. The van der Waals surface area contributed by atoms with Gasteiger partial charge in [-0.25, -0.2) is 0 Å². The van der Waals surface area contributed by atoms with E-state index in [2.05, 4.69) is 26.6 Å². The van der Waals surface area contributed by atoms with Crippen molar-refractivity contribution in [2.45, 2.75) is 18.3 Å². The van der Waals surface area contributed by atoms with E-state index in [9.17, 15) is 9.59 Å². The van der Waals surface area contributed by atoms with E-state index in [4.69, 9.17) is 4.74 Å². The highest BCUT2D eigenvalue weighted by atomic mass is 79.9. The molecule has 110 valence electrons. The van der Waals surface area contributed by atoms with E-state index in [1.807, 2.05) is 12.1 Å². The van der Waals surface area contributed by atoms with Gasteiger partial charge in [0.05, 0.1) is 6.61 Å². The summed E-state index contributed by atoms with van der Waals surface area (Å²) in [5.41, 5.74) is 1.62. The van der Waals surface area contributed by atoms with Gasteiger partial charge in [0.15, 0.2) is 0 Å². The maximum atomic E-state index is 12.0. The molecule has 0 aliphatic rings. The molecule has 2 amide bonds. The monoisotopic (exact) mass is 342 g/mol. The number of carbonyl (C=O) groups is 2. The molecule has 0 aliphatic heterocycles. The number of halogens is 1. The third-order valence-electron chi connectivity index (χ3n) is 2.72. The molecule has 1 atom stereocenters. The maximum absolute atomic E-state index is 12.0. The summed E-state index contributed by atoms with van der Waals surface area (Å²) in [6.07, 6.45) is 0. The maximum Gasteiger partial charge on any atom is 0.251 e. The van der Waals surface area contributed by atoms with Crippen molar-refractivity contribution < 1.29 is 14.3 Å². The molecule has 0 fully saturated rings. The first kappa shape index (κ1) is 16.7. The fraction of sp³-hybridized carbons (Fsp3) is 0.429. The second kappa shape index (κ2) is 8.71. The predicted molar refractivity (Wildman–Crippen MR) is 80.9 cm³/mol. The molecule has 0 saturated heterocycles. The normalized spacial score (nSPS) is 11.8. The first-order valence-corrected chi connectivity index (χ1v) is 7.43. The van der Waals surface area contributed by atoms with Crippen LogP contribution in [0.2, 0.25) is 0 Å². The van der Waals surface area contributed by atoms with E-state index < -0.39 is 6.04 Å². The minimum Gasteiger partial charge on any atom is -0.383 e. The number of alkyl halides is 1. The average molecular weight is 343 g/mol. The van der Waals surface area contributed by atoms with Crippen molar-refractivity contribution in [3.05, 3.63) is 35.4 Å². The van der Waals surface area contributed by atoms with Crippen LogP contribution >= 0.6 is 15.9 Å². The lowest BCUT2D eigenvalue weighted by atomic mass is 10.1. The zero-order valence-corrected chi connectivity index (χ0v) is 13.2. The molecule has 0 bridgehead atoms. The molecule has 0 saturated carbocycles. The fourth-order valence-electron chi connectivity index (χ4n) is 1.52. The van der Waals surface area contributed by atoms with Crippen LogP contribution in [0.1, 0.15) is 22.8 Å². The Labute approximate surface area is 127 Å². The molecule has 0 aromatic heterocycles. The lowest BCUT2D eigenvalue weighted by molar-refractivity contribution is -0.122. The quantitative estimate of drug-likeness (QED) is 0.582. The van der Waals surface area contributed by atoms with Gasteiger partial charge in [-0.1, -0.05) is 28.1 Å². The number of hydrogen-bond donors (Lipinski definition) is 2. The van der Waals surface area contributed by atoms with Crippen LogP contribution in [0.15, 0.2) is 24.3 Å². The Morgan fingerprint density at radius 2 is 1.95 bits per heavy atom. The number of amides is 2. The van der Waals surface area contributed by atoms with Crippen LogP contribution in [0, 0.1) is 0 Å². The summed E-state index contributed by atoms with van der Waals surface area (Å²) >= 11 is 3.34. The third-order valence-corrected chi connectivity index (χ3v) is 3.36. The van der Waals surface area contributed by atoms with Crippen molar-refractivity contribution in [3.63, 3.8) is 0 Å². The molecule has 1 unspecified atom stereocenters. The number of ether oxygens (including phenoxy) is 1. The molecule has 0 aliphatic carbocycles. The van der Waals surface area contributed by atoms with Gasteiger partial charge in [-0.3, -0.25) is 9.59 Å². The van der Waals surface area contributed by atoms with Crippen LogP contribution in [0.4, 0.5) is 0 Å². The van der Waals surface area contributed by atoms with Gasteiger partial charge in [-0.15, -0.1) is 0 Å². The number of nitrogens with one attached hydrogen (secondary N) is 2. The molecule has 20 heavy (non-hydrogen) atoms. The molecule has 5 nitrogen and oxygen atoms in total. The molecule has 2 N–H and O–H groups in total. The Morgan fingerprint density at radius 1 is 1.30 bits per heavy atom. The van der Waals surface area contributed by atoms with Gasteiger partial charge in [-0.2, -0.15) is 0 Å². The first-order chi connectivity index (χ1) is 9.58. The van der Waals surface area contributed by atoms with Crippen LogP contribution < -0.4 is 10.6 Å². The summed E-state index contributed by atoms with van der Waals surface area (Å²) in [4.78, 5) is 23.7. The van der Waals surface area contributed by atoms with Crippen LogP contribution in [0.5, 0.6) is 0 Å². The van der Waals surface area contributed by atoms with Gasteiger partial charge in [0.2, 0.25) is 5.91 Å². The molecule has 1 aromatic rings. The van der Waals surface area contributed by atoms with E-state index in [1.54, 1.807) is 26.2 Å². The van der Waals surface area contributed by atoms with Crippen molar-refractivity contribution in [3.8, 4) is 0 Å².